The van der Waals surface area contributed by atoms with E-state index in [1.807, 2.05) is 57.2 Å². The highest BCUT2D eigenvalue weighted by molar-refractivity contribution is 6.74. The number of methoxy groups -OCH3 is 3. The highest BCUT2D eigenvalue weighted by atomic mass is 35.5. The first-order valence-corrected chi connectivity index (χ1v) is 21.8. The van der Waals surface area contributed by atoms with Crippen LogP contribution in [0.2, 0.25) is 18.1 Å². The summed E-state index contributed by atoms with van der Waals surface area (Å²) in [5, 5.41) is 11.2. The molecule has 0 aliphatic carbocycles. The first-order valence-electron chi connectivity index (χ1n) is 18.3. The van der Waals surface area contributed by atoms with Gasteiger partial charge >= 0.3 is 0 Å². The molecule has 0 aliphatic heterocycles. The molecular formula is C45H61ClF2O5Si. The van der Waals surface area contributed by atoms with Gasteiger partial charge in [0.05, 0.1) is 33.0 Å². The van der Waals surface area contributed by atoms with Gasteiger partial charge in [-0.2, -0.15) is 0 Å². The fourth-order valence-corrected chi connectivity index (χ4v) is 7.03. The Morgan fingerprint density at radius 1 is 0.630 bits per heavy atom. The molecule has 4 aromatic carbocycles. The standard InChI is InChI=1S/C25H37FO3Si.C20H24ClFO2/c1-24(2,3)23(27)21-14-17(16-29-30(8,9)25(4,5)6)10-12-19(21)20-15-18(28-7)11-13-22(20)26;1-20(2,3)19(24-5)17-10-13(12-21)6-8-15(17)16-11-14(23-4)7-9-18(16)22/h10-15,23,27H,16H2,1-9H3;6-11,19H,12H2,1-5H3. The van der Waals surface area contributed by atoms with E-state index in [0.717, 1.165) is 22.3 Å². The van der Waals surface area contributed by atoms with Gasteiger partial charge in [-0.25, -0.2) is 8.78 Å². The van der Waals surface area contributed by atoms with Crippen molar-refractivity contribution in [3.05, 3.63) is 107 Å². The second-order valence-corrected chi connectivity index (χ2v) is 22.5. The van der Waals surface area contributed by atoms with Gasteiger partial charge in [0.1, 0.15) is 23.1 Å². The molecule has 0 amide bonds. The van der Waals surface area contributed by atoms with Gasteiger partial charge < -0.3 is 23.7 Å². The van der Waals surface area contributed by atoms with E-state index in [1.165, 1.54) is 12.1 Å². The number of aliphatic hydroxyl groups excluding tert-OH is 1. The molecule has 0 spiro atoms. The van der Waals surface area contributed by atoms with Crippen molar-refractivity contribution in [2.24, 2.45) is 10.8 Å². The quantitative estimate of drug-likeness (QED) is 0.121. The van der Waals surface area contributed by atoms with Crippen molar-refractivity contribution in [2.75, 3.05) is 21.3 Å². The van der Waals surface area contributed by atoms with E-state index in [1.54, 1.807) is 45.6 Å². The van der Waals surface area contributed by atoms with Crippen LogP contribution < -0.4 is 9.47 Å². The van der Waals surface area contributed by atoms with Gasteiger partial charge in [0.25, 0.3) is 0 Å². The third kappa shape index (κ3) is 11.2. The molecule has 4 rings (SSSR count). The SMILES string of the molecule is COc1ccc(F)c(-c2ccc(CCl)cc2C(OC)C(C)(C)C)c1.COc1ccc(F)c(-c2ccc(CO[Si](C)(C)C(C)(C)C)cc2C(O)C(C)(C)C)c1. The maximum Gasteiger partial charge on any atom is 0.192 e. The zero-order chi connectivity index (χ0) is 40.8. The number of halogens is 3. The number of benzene rings is 4. The minimum Gasteiger partial charge on any atom is -0.497 e. The zero-order valence-corrected chi connectivity index (χ0v) is 36.5. The number of hydrogen-bond donors (Lipinski definition) is 1. The van der Waals surface area contributed by atoms with E-state index in [0.29, 0.717) is 46.2 Å². The number of hydrogen-bond acceptors (Lipinski definition) is 5. The molecule has 0 saturated heterocycles. The molecule has 0 aliphatic rings. The lowest BCUT2D eigenvalue weighted by Gasteiger charge is -2.36. The van der Waals surface area contributed by atoms with Crippen LogP contribution in [-0.2, 0) is 21.6 Å². The van der Waals surface area contributed by atoms with Gasteiger partial charge in [0.15, 0.2) is 8.32 Å². The first-order chi connectivity index (χ1) is 25.0. The van der Waals surface area contributed by atoms with Gasteiger partial charge in [0.2, 0.25) is 0 Å². The third-order valence-corrected chi connectivity index (χ3v) is 14.9. The molecule has 0 radical (unpaired) electrons. The Labute approximate surface area is 329 Å². The lowest BCUT2D eigenvalue weighted by Crippen LogP contribution is -2.40. The fourth-order valence-electron chi connectivity index (χ4n) is 5.90. The molecule has 0 heterocycles. The molecule has 9 heteroatoms. The Kier molecular flexibility index (Phi) is 15.1. The van der Waals surface area contributed by atoms with Crippen LogP contribution >= 0.6 is 11.6 Å². The number of aliphatic hydroxyl groups is 1. The minimum absolute atomic E-state index is 0.115. The van der Waals surface area contributed by atoms with E-state index in [9.17, 15) is 13.9 Å². The topological polar surface area (TPSA) is 57.2 Å². The van der Waals surface area contributed by atoms with E-state index >= 15 is 0 Å². The van der Waals surface area contributed by atoms with Crippen molar-refractivity contribution in [1.29, 1.82) is 0 Å². The van der Waals surface area contributed by atoms with Crippen molar-refractivity contribution < 1.29 is 32.5 Å². The molecule has 1 N–H and O–H groups in total. The average Bonchev–Trinajstić information content (AvgIpc) is 3.10. The molecule has 0 aromatic heterocycles. The normalized spacial score (nSPS) is 13.5. The van der Waals surface area contributed by atoms with Gasteiger partial charge in [-0.15, -0.1) is 11.6 Å². The van der Waals surface area contributed by atoms with E-state index in [2.05, 4.69) is 54.6 Å². The Morgan fingerprint density at radius 2 is 1.09 bits per heavy atom. The molecule has 0 saturated carbocycles. The first kappa shape index (κ1) is 45.1. The van der Waals surface area contributed by atoms with Gasteiger partial charge in [0, 0.05) is 24.1 Å². The van der Waals surface area contributed by atoms with Crippen LogP contribution in [0.4, 0.5) is 8.78 Å². The number of alkyl halides is 1. The van der Waals surface area contributed by atoms with Gasteiger partial charge in [-0.1, -0.05) is 98.7 Å². The smallest absolute Gasteiger partial charge is 0.192 e. The van der Waals surface area contributed by atoms with Crippen molar-refractivity contribution in [2.45, 2.75) is 105 Å². The number of ether oxygens (including phenoxy) is 3. The van der Waals surface area contributed by atoms with Crippen LogP contribution in [0.1, 0.15) is 96.8 Å². The van der Waals surface area contributed by atoms with E-state index in [-0.39, 0.29) is 28.2 Å². The largest absolute Gasteiger partial charge is 0.497 e. The predicted molar refractivity (Wildman–Crippen MR) is 222 cm³/mol. The molecule has 0 bridgehead atoms. The Balaban J connectivity index is 0.000000297. The highest BCUT2D eigenvalue weighted by Gasteiger charge is 2.37. The monoisotopic (exact) mass is 782 g/mol. The maximum atomic E-state index is 14.7. The molecule has 5 nitrogen and oxygen atoms in total. The Hall–Kier alpha value is -3.27. The lowest BCUT2D eigenvalue weighted by molar-refractivity contribution is 0.0155. The van der Waals surface area contributed by atoms with E-state index < -0.39 is 19.8 Å². The summed E-state index contributed by atoms with van der Waals surface area (Å²) in [6.45, 7) is 23.8. The lowest BCUT2D eigenvalue weighted by atomic mass is 9.81. The molecule has 0 fully saturated rings. The van der Waals surface area contributed by atoms with Crippen LogP contribution in [0.3, 0.4) is 0 Å². The summed E-state index contributed by atoms with van der Waals surface area (Å²) in [6.07, 6.45) is -0.952. The molecule has 2 unspecified atom stereocenters. The molecule has 4 aromatic rings. The third-order valence-electron chi connectivity index (χ3n) is 10.1. The van der Waals surface area contributed by atoms with E-state index in [4.69, 9.17) is 30.2 Å². The summed E-state index contributed by atoms with van der Waals surface area (Å²) in [5.74, 6) is 0.952. The van der Waals surface area contributed by atoms with Crippen molar-refractivity contribution >= 4 is 19.9 Å². The summed E-state index contributed by atoms with van der Waals surface area (Å²) >= 11 is 6.00. The summed E-state index contributed by atoms with van der Waals surface area (Å²) in [6, 6.07) is 21.0. The molecular weight excluding hydrogens is 722 g/mol. The van der Waals surface area contributed by atoms with Crippen LogP contribution in [0.5, 0.6) is 11.5 Å². The molecule has 296 valence electrons. The fraction of sp³-hybridized carbons (Fsp3) is 0.467. The highest BCUT2D eigenvalue weighted by Crippen LogP contribution is 2.43. The Morgan fingerprint density at radius 3 is 1.50 bits per heavy atom. The zero-order valence-electron chi connectivity index (χ0n) is 34.7. The summed E-state index contributed by atoms with van der Waals surface area (Å²) < 4.78 is 51.9. The van der Waals surface area contributed by atoms with Crippen LogP contribution in [0, 0.1) is 22.5 Å². The summed E-state index contributed by atoms with van der Waals surface area (Å²) in [4.78, 5) is 0. The van der Waals surface area contributed by atoms with Crippen LogP contribution in [0.15, 0.2) is 72.8 Å². The maximum absolute atomic E-state index is 14.7. The average molecular weight is 784 g/mol. The van der Waals surface area contributed by atoms with Gasteiger partial charge in [-0.05, 0) is 98.7 Å². The van der Waals surface area contributed by atoms with Crippen LogP contribution in [0.25, 0.3) is 22.3 Å². The predicted octanol–water partition coefficient (Wildman–Crippen LogP) is 13.1. The Bertz CT molecular complexity index is 1860. The second kappa shape index (κ2) is 18.1. The van der Waals surface area contributed by atoms with Crippen LogP contribution in [-0.4, -0.2) is 34.8 Å². The summed E-state index contributed by atoms with van der Waals surface area (Å²) in [7, 11) is 2.90. The molecule has 54 heavy (non-hydrogen) atoms. The van der Waals surface area contributed by atoms with Crippen molar-refractivity contribution in [3.8, 4) is 33.8 Å². The summed E-state index contributed by atoms with van der Waals surface area (Å²) in [5.41, 5.74) is 5.41. The minimum atomic E-state index is -1.91. The molecule has 2 atom stereocenters. The second-order valence-electron chi connectivity index (χ2n) is 17.5. The van der Waals surface area contributed by atoms with Crippen molar-refractivity contribution in [1.82, 2.24) is 0 Å². The van der Waals surface area contributed by atoms with Crippen molar-refractivity contribution in [3.63, 3.8) is 0 Å². The van der Waals surface area contributed by atoms with Gasteiger partial charge in [-0.3, -0.25) is 0 Å². The number of rotatable bonds is 11.